The molecule has 0 unspecified atom stereocenters. The zero-order chi connectivity index (χ0) is 22.0. The van der Waals surface area contributed by atoms with Gasteiger partial charge in [0.2, 0.25) is 5.91 Å². The second kappa shape index (κ2) is 11.1. The van der Waals surface area contributed by atoms with Crippen LogP contribution in [0.15, 0.2) is 35.0 Å². The molecule has 0 saturated heterocycles. The van der Waals surface area contributed by atoms with E-state index in [2.05, 4.69) is 10.5 Å². The number of carboxylic acid groups (broad SMARTS) is 1. The Bertz CT molecular complexity index is 789. The smallest absolute Gasteiger partial charge is 0.475 e. The molecule has 0 radical (unpaired) electrons. The molecule has 0 spiro atoms. The lowest BCUT2D eigenvalue weighted by Crippen LogP contribution is -2.31. The van der Waals surface area contributed by atoms with Gasteiger partial charge in [-0.25, -0.2) is 9.18 Å². The number of benzene rings is 1. The maximum Gasteiger partial charge on any atom is 0.490 e. The minimum Gasteiger partial charge on any atom is -0.475 e. The Labute approximate surface area is 164 Å². The fourth-order valence-corrected chi connectivity index (χ4v) is 2.03. The first-order valence-corrected chi connectivity index (χ1v) is 8.41. The monoisotopic (exact) mass is 419 g/mol. The summed E-state index contributed by atoms with van der Waals surface area (Å²) in [5, 5.41) is 13.8. The maximum absolute atomic E-state index is 13.0. The number of nitrogens with one attached hydrogen (secondary N) is 1. The van der Waals surface area contributed by atoms with E-state index in [1.165, 1.54) is 12.1 Å². The van der Waals surface area contributed by atoms with Gasteiger partial charge in [0.25, 0.3) is 0 Å². The number of rotatable bonds is 7. The van der Waals surface area contributed by atoms with E-state index in [1.54, 1.807) is 18.3 Å². The number of carboxylic acids is 1. The van der Waals surface area contributed by atoms with Gasteiger partial charge in [-0.15, -0.1) is 0 Å². The SMILES string of the molecule is CN(C)CCNC(=O)CCc1cnoc1-c1ccc(F)cc1.O=C(O)C(F)(F)F. The number of nitrogens with zero attached hydrogens (tertiary/aromatic N) is 2. The Kier molecular flexibility index (Phi) is 9.26. The summed E-state index contributed by atoms with van der Waals surface area (Å²) < 4.78 is 49.9. The van der Waals surface area contributed by atoms with Gasteiger partial charge in [0.1, 0.15) is 5.82 Å². The second-order valence-corrected chi connectivity index (χ2v) is 6.14. The summed E-state index contributed by atoms with van der Waals surface area (Å²) in [4.78, 5) is 22.7. The molecule has 2 aromatic rings. The molecule has 0 bridgehead atoms. The van der Waals surface area contributed by atoms with Gasteiger partial charge in [-0.3, -0.25) is 4.79 Å². The Morgan fingerprint density at radius 2 is 1.79 bits per heavy atom. The topological polar surface area (TPSA) is 95.7 Å². The van der Waals surface area contributed by atoms with Crippen LogP contribution in [0.2, 0.25) is 0 Å². The van der Waals surface area contributed by atoms with Gasteiger partial charge in [0, 0.05) is 30.6 Å². The largest absolute Gasteiger partial charge is 0.490 e. The number of carbonyl (C=O) groups is 2. The van der Waals surface area contributed by atoms with Crippen LogP contribution in [-0.4, -0.2) is 60.4 Å². The van der Waals surface area contributed by atoms with Crippen LogP contribution in [0.1, 0.15) is 12.0 Å². The molecule has 0 aliphatic heterocycles. The van der Waals surface area contributed by atoms with Gasteiger partial charge in [0.05, 0.1) is 6.20 Å². The molecule has 29 heavy (non-hydrogen) atoms. The molecule has 1 aromatic carbocycles. The van der Waals surface area contributed by atoms with Crippen LogP contribution in [0.5, 0.6) is 0 Å². The first kappa shape index (κ1) is 24.1. The number of likely N-dealkylation sites (N-methyl/N-ethyl adjacent to an activating group) is 1. The molecule has 160 valence electrons. The van der Waals surface area contributed by atoms with Crippen molar-refractivity contribution in [2.45, 2.75) is 19.0 Å². The van der Waals surface area contributed by atoms with E-state index < -0.39 is 12.1 Å². The van der Waals surface area contributed by atoms with Crippen LogP contribution in [0.25, 0.3) is 11.3 Å². The van der Waals surface area contributed by atoms with Crippen molar-refractivity contribution in [3.05, 3.63) is 41.8 Å². The van der Waals surface area contributed by atoms with Gasteiger partial charge in [0.15, 0.2) is 5.76 Å². The van der Waals surface area contributed by atoms with E-state index in [-0.39, 0.29) is 11.7 Å². The second-order valence-electron chi connectivity index (χ2n) is 6.14. The Balaban J connectivity index is 0.000000516. The Morgan fingerprint density at radius 3 is 2.31 bits per heavy atom. The Hall–Kier alpha value is -2.95. The molecule has 2 N–H and O–H groups in total. The summed E-state index contributed by atoms with van der Waals surface area (Å²) in [6, 6.07) is 6.01. The van der Waals surface area contributed by atoms with Crippen LogP contribution in [0.3, 0.4) is 0 Å². The zero-order valence-corrected chi connectivity index (χ0v) is 15.8. The van der Waals surface area contributed by atoms with E-state index >= 15 is 0 Å². The number of hydrogen-bond donors (Lipinski definition) is 2. The summed E-state index contributed by atoms with van der Waals surface area (Å²) in [6.07, 6.45) is -2.58. The quantitative estimate of drug-likeness (QED) is 0.670. The van der Waals surface area contributed by atoms with Crippen molar-refractivity contribution in [1.29, 1.82) is 0 Å². The highest BCUT2D eigenvalue weighted by atomic mass is 19.4. The van der Waals surface area contributed by atoms with E-state index in [0.29, 0.717) is 25.1 Å². The van der Waals surface area contributed by atoms with E-state index in [4.69, 9.17) is 14.4 Å². The van der Waals surface area contributed by atoms with Crippen molar-refractivity contribution in [2.75, 3.05) is 27.2 Å². The summed E-state index contributed by atoms with van der Waals surface area (Å²) in [5.41, 5.74) is 1.59. The van der Waals surface area contributed by atoms with Crippen molar-refractivity contribution >= 4 is 11.9 Å². The van der Waals surface area contributed by atoms with Gasteiger partial charge in [-0.05, 0) is 44.8 Å². The average molecular weight is 419 g/mol. The number of aryl methyl sites for hydroxylation is 1. The molecule has 1 aromatic heterocycles. The van der Waals surface area contributed by atoms with Gasteiger partial charge < -0.3 is 19.8 Å². The standard InChI is InChI=1S/C16H20FN3O2.C2HF3O2/c1-20(2)10-9-18-15(21)8-5-13-11-19-22-16(13)12-3-6-14(17)7-4-12;3-2(4,5)1(6)7/h3-4,6-7,11H,5,8-10H2,1-2H3,(H,18,21);(H,6,7). The molecule has 1 amide bonds. The summed E-state index contributed by atoms with van der Waals surface area (Å²) >= 11 is 0. The predicted molar refractivity (Wildman–Crippen MR) is 95.5 cm³/mol. The number of alkyl halides is 3. The van der Waals surface area contributed by atoms with Crippen LogP contribution >= 0.6 is 0 Å². The molecule has 2 rings (SSSR count). The molecule has 0 aliphatic carbocycles. The molecular weight excluding hydrogens is 398 g/mol. The van der Waals surface area contributed by atoms with E-state index in [9.17, 15) is 22.4 Å². The van der Waals surface area contributed by atoms with Crippen LogP contribution < -0.4 is 5.32 Å². The minimum atomic E-state index is -5.08. The van der Waals surface area contributed by atoms with Crippen LogP contribution in [0.4, 0.5) is 17.6 Å². The fraction of sp³-hybridized carbons (Fsp3) is 0.389. The first-order chi connectivity index (χ1) is 13.5. The summed E-state index contributed by atoms with van der Waals surface area (Å²) in [7, 11) is 3.91. The minimum absolute atomic E-state index is 0.00638. The molecule has 0 saturated carbocycles. The molecule has 0 fully saturated rings. The molecular formula is C18H21F4N3O4. The summed E-state index contributed by atoms with van der Waals surface area (Å²) in [5.74, 6) is -2.48. The normalized spacial score (nSPS) is 11.0. The van der Waals surface area contributed by atoms with Gasteiger partial charge >= 0.3 is 12.1 Å². The van der Waals surface area contributed by atoms with E-state index in [0.717, 1.165) is 17.7 Å². The highest BCUT2D eigenvalue weighted by Crippen LogP contribution is 2.24. The molecule has 1 heterocycles. The average Bonchev–Trinajstić information content (AvgIpc) is 3.08. The number of halogens is 4. The zero-order valence-electron chi connectivity index (χ0n) is 15.8. The molecule has 0 aliphatic rings. The molecule has 11 heteroatoms. The molecule has 0 atom stereocenters. The van der Waals surface area contributed by atoms with Gasteiger partial charge in [-0.1, -0.05) is 5.16 Å². The van der Waals surface area contributed by atoms with Crippen molar-refractivity contribution in [1.82, 2.24) is 15.4 Å². The third kappa shape index (κ3) is 9.19. The number of hydrogen-bond acceptors (Lipinski definition) is 5. The maximum atomic E-state index is 13.0. The molecule has 7 nitrogen and oxygen atoms in total. The van der Waals surface area contributed by atoms with Crippen molar-refractivity contribution < 1.29 is 36.8 Å². The third-order valence-electron chi connectivity index (χ3n) is 3.50. The highest BCUT2D eigenvalue weighted by molar-refractivity contribution is 5.76. The lowest BCUT2D eigenvalue weighted by molar-refractivity contribution is -0.192. The lowest BCUT2D eigenvalue weighted by atomic mass is 10.1. The van der Waals surface area contributed by atoms with Crippen LogP contribution in [0, 0.1) is 5.82 Å². The highest BCUT2D eigenvalue weighted by Gasteiger charge is 2.38. The Morgan fingerprint density at radius 1 is 1.21 bits per heavy atom. The van der Waals surface area contributed by atoms with Crippen LogP contribution in [-0.2, 0) is 16.0 Å². The third-order valence-corrected chi connectivity index (χ3v) is 3.50. The van der Waals surface area contributed by atoms with Crippen molar-refractivity contribution in [3.8, 4) is 11.3 Å². The predicted octanol–water partition coefficient (Wildman–Crippen LogP) is 2.72. The first-order valence-electron chi connectivity index (χ1n) is 8.41. The number of aliphatic carboxylic acids is 1. The fourth-order valence-electron chi connectivity index (χ4n) is 2.03. The summed E-state index contributed by atoms with van der Waals surface area (Å²) in [6.45, 7) is 1.43. The number of carbonyl (C=O) groups excluding carboxylic acids is 1. The van der Waals surface area contributed by atoms with Crippen molar-refractivity contribution in [2.24, 2.45) is 0 Å². The van der Waals surface area contributed by atoms with Gasteiger partial charge in [-0.2, -0.15) is 13.2 Å². The van der Waals surface area contributed by atoms with E-state index in [1.807, 2.05) is 19.0 Å². The van der Waals surface area contributed by atoms with Crippen molar-refractivity contribution in [3.63, 3.8) is 0 Å². The number of aromatic nitrogens is 1. The number of amides is 1. The lowest BCUT2D eigenvalue weighted by Gasteiger charge is -2.10.